The molecule has 2 rings (SSSR count). The van der Waals surface area contributed by atoms with E-state index in [4.69, 9.17) is 16.9 Å². The zero-order valence-corrected chi connectivity index (χ0v) is 11.0. The van der Waals surface area contributed by atoms with Gasteiger partial charge in [-0.05, 0) is 31.0 Å². The van der Waals surface area contributed by atoms with Gasteiger partial charge in [0.1, 0.15) is 6.07 Å². The van der Waals surface area contributed by atoms with E-state index in [-0.39, 0.29) is 6.10 Å². The number of nitrogens with zero attached hydrogens (tertiary/aromatic N) is 1. The molecule has 1 aromatic carbocycles. The van der Waals surface area contributed by atoms with Crippen LogP contribution in [0, 0.1) is 17.2 Å². The summed E-state index contributed by atoms with van der Waals surface area (Å²) in [5.74, 6) is 0.313. The Morgan fingerprint density at radius 1 is 1.39 bits per heavy atom. The van der Waals surface area contributed by atoms with Crippen LogP contribution in [0.5, 0.6) is 0 Å². The van der Waals surface area contributed by atoms with Gasteiger partial charge >= 0.3 is 0 Å². The van der Waals surface area contributed by atoms with Crippen LogP contribution < -0.4 is 5.32 Å². The lowest BCUT2D eigenvalue weighted by Crippen LogP contribution is -2.30. The highest BCUT2D eigenvalue weighted by Gasteiger charge is 2.22. The Labute approximate surface area is 112 Å². The normalized spacial score (nSPS) is 23.4. The average Bonchev–Trinajstić information content (AvgIpc) is 2.38. The van der Waals surface area contributed by atoms with Crippen LogP contribution in [0.4, 0.5) is 5.69 Å². The molecule has 18 heavy (non-hydrogen) atoms. The molecule has 2 N–H and O–H groups in total. The standard InChI is InChI=1S/C14H17ClN2O/c15-13-7-12(6-5-10(13)8-16)17-9-11-3-1-2-4-14(11)18/h5-7,11,14,17-18H,1-4,9H2. The number of aliphatic hydroxyl groups is 1. The number of hydrogen-bond donors (Lipinski definition) is 2. The number of rotatable bonds is 3. The van der Waals surface area contributed by atoms with Crippen molar-refractivity contribution < 1.29 is 5.11 Å². The summed E-state index contributed by atoms with van der Waals surface area (Å²) in [6.45, 7) is 0.753. The molecule has 2 unspecified atom stereocenters. The molecule has 0 aliphatic heterocycles. The molecule has 0 heterocycles. The fourth-order valence-electron chi connectivity index (χ4n) is 2.39. The summed E-state index contributed by atoms with van der Waals surface area (Å²) in [6.07, 6.45) is 4.09. The molecule has 0 saturated heterocycles. The number of hydrogen-bond acceptors (Lipinski definition) is 3. The van der Waals surface area contributed by atoms with Crippen molar-refractivity contribution in [2.45, 2.75) is 31.8 Å². The van der Waals surface area contributed by atoms with Crippen LogP contribution in [0.3, 0.4) is 0 Å². The van der Waals surface area contributed by atoms with Gasteiger partial charge in [-0.15, -0.1) is 0 Å². The molecule has 3 nitrogen and oxygen atoms in total. The lowest BCUT2D eigenvalue weighted by Gasteiger charge is -2.28. The molecule has 1 aliphatic carbocycles. The highest BCUT2D eigenvalue weighted by molar-refractivity contribution is 6.32. The molecule has 0 radical (unpaired) electrons. The first-order chi connectivity index (χ1) is 8.70. The van der Waals surface area contributed by atoms with Crippen molar-refractivity contribution in [2.75, 3.05) is 11.9 Å². The van der Waals surface area contributed by atoms with Crippen LogP contribution in [0.2, 0.25) is 5.02 Å². The van der Waals surface area contributed by atoms with Crippen molar-refractivity contribution >= 4 is 17.3 Å². The SMILES string of the molecule is N#Cc1ccc(NCC2CCCCC2O)cc1Cl. The summed E-state index contributed by atoms with van der Waals surface area (Å²) >= 11 is 5.97. The third-order valence-electron chi connectivity index (χ3n) is 3.53. The molecular formula is C14H17ClN2O. The van der Waals surface area contributed by atoms with Crippen LogP contribution in [0.25, 0.3) is 0 Å². The smallest absolute Gasteiger partial charge is 0.101 e. The van der Waals surface area contributed by atoms with Crippen LogP contribution in [0.15, 0.2) is 18.2 Å². The number of benzene rings is 1. The lowest BCUT2D eigenvalue weighted by molar-refractivity contribution is 0.0763. The van der Waals surface area contributed by atoms with Crippen LogP contribution in [-0.2, 0) is 0 Å². The van der Waals surface area contributed by atoms with Crippen molar-refractivity contribution in [3.63, 3.8) is 0 Å². The fourth-order valence-corrected chi connectivity index (χ4v) is 2.61. The van der Waals surface area contributed by atoms with Gasteiger partial charge in [0.05, 0.1) is 16.7 Å². The molecule has 0 aromatic heterocycles. The molecule has 0 spiro atoms. The molecule has 1 saturated carbocycles. The average molecular weight is 265 g/mol. The molecule has 4 heteroatoms. The molecule has 96 valence electrons. The highest BCUT2D eigenvalue weighted by Crippen LogP contribution is 2.25. The van der Waals surface area contributed by atoms with E-state index in [9.17, 15) is 5.11 Å². The van der Waals surface area contributed by atoms with E-state index < -0.39 is 0 Å². The predicted molar refractivity (Wildman–Crippen MR) is 72.6 cm³/mol. The van der Waals surface area contributed by atoms with Gasteiger partial charge in [0, 0.05) is 18.2 Å². The van der Waals surface area contributed by atoms with Gasteiger partial charge < -0.3 is 10.4 Å². The quantitative estimate of drug-likeness (QED) is 0.882. The Morgan fingerprint density at radius 2 is 2.17 bits per heavy atom. The van der Waals surface area contributed by atoms with Crippen LogP contribution in [-0.4, -0.2) is 17.8 Å². The molecule has 1 aliphatic rings. The maximum atomic E-state index is 9.87. The fraction of sp³-hybridized carbons (Fsp3) is 0.500. The van der Waals surface area contributed by atoms with Gasteiger partial charge in [0.25, 0.3) is 0 Å². The number of nitriles is 1. The lowest BCUT2D eigenvalue weighted by atomic mass is 9.86. The summed E-state index contributed by atoms with van der Waals surface area (Å²) in [7, 11) is 0. The van der Waals surface area contributed by atoms with E-state index >= 15 is 0 Å². The third kappa shape index (κ3) is 3.16. The van der Waals surface area contributed by atoms with Gasteiger partial charge in [-0.2, -0.15) is 5.26 Å². The summed E-state index contributed by atoms with van der Waals surface area (Å²) in [4.78, 5) is 0. The Balaban J connectivity index is 1.94. The number of aliphatic hydroxyl groups excluding tert-OH is 1. The van der Waals surface area contributed by atoms with Crippen LogP contribution >= 0.6 is 11.6 Å². The van der Waals surface area contributed by atoms with Gasteiger partial charge in [-0.3, -0.25) is 0 Å². The minimum Gasteiger partial charge on any atom is -0.393 e. The molecule has 1 fully saturated rings. The zero-order chi connectivity index (χ0) is 13.0. The van der Waals surface area contributed by atoms with E-state index in [1.807, 2.05) is 12.1 Å². The van der Waals surface area contributed by atoms with Gasteiger partial charge in [0.2, 0.25) is 0 Å². The van der Waals surface area contributed by atoms with E-state index in [0.717, 1.165) is 31.5 Å². The Bertz CT molecular complexity index is 456. The Kier molecular flexibility index (Phi) is 4.46. The minimum absolute atomic E-state index is 0.194. The second-order valence-corrected chi connectivity index (χ2v) is 5.21. The van der Waals surface area contributed by atoms with Crippen molar-refractivity contribution in [3.8, 4) is 6.07 Å². The van der Waals surface area contributed by atoms with E-state index in [1.165, 1.54) is 6.42 Å². The molecular weight excluding hydrogens is 248 g/mol. The summed E-state index contributed by atoms with van der Waals surface area (Å²) < 4.78 is 0. The Morgan fingerprint density at radius 3 is 2.83 bits per heavy atom. The molecule has 2 atom stereocenters. The Hall–Kier alpha value is -1.24. The maximum absolute atomic E-state index is 9.87. The van der Waals surface area contributed by atoms with Crippen molar-refractivity contribution in [1.29, 1.82) is 5.26 Å². The van der Waals surface area contributed by atoms with Crippen molar-refractivity contribution in [1.82, 2.24) is 0 Å². The second-order valence-electron chi connectivity index (χ2n) is 4.80. The van der Waals surface area contributed by atoms with E-state index in [1.54, 1.807) is 12.1 Å². The summed E-state index contributed by atoms with van der Waals surface area (Å²) in [6, 6.07) is 7.35. The topological polar surface area (TPSA) is 56.0 Å². The molecule has 1 aromatic rings. The second kappa shape index (κ2) is 6.08. The summed E-state index contributed by atoms with van der Waals surface area (Å²) in [5, 5.41) is 22.4. The largest absolute Gasteiger partial charge is 0.393 e. The number of halogens is 1. The van der Waals surface area contributed by atoms with Gasteiger partial charge in [0.15, 0.2) is 0 Å². The monoisotopic (exact) mass is 264 g/mol. The first-order valence-corrected chi connectivity index (χ1v) is 6.70. The van der Waals surface area contributed by atoms with Crippen molar-refractivity contribution in [2.24, 2.45) is 5.92 Å². The maximum Gasteiger partial charge on any atom is 0.101 e. The first kappa shape index (κ1) is 13.2. The first-order valence-electron chi connectivity index (χ1n) is 6.32. The minimum atomic E-state index is -0.194. The predicted octanol–water partition coefficient (Wildman–Crippen LogP) is 3.17. The van der Waals surface area contributed by atoms with Gasteiger partial charge in [-0.1, -0.05) is 24.4 Å². The van der Waals surface area contributed by atoms with Crippen molar-refractivity contribution in [3.05, 3.63) is 28.8 Å². The van der Waals surface area contributed by atoms with Crippen LogP contribution in [0.1, 0.15) is 31.2 Å². The van der Waals surface area contributed by atoms with Gasteiger partial charge in [-0.25, -0.2) is 0 Å². The summed E-state index contributed by atoms with van der Waals surface area (Å²) in [5.41, 5.74) is 1.39. The third-order valence-corrected chi connectivity index (χ3v) is 3.84. The molecule has 0 bridgehead atoms. The molecule has 0 amide bonds. The zero-order valence-electron chi connectivity index (χ0n) is 10.2. The number of nitrogens with one attached hydrogen (secondary N) is 1. The van der Waals surface area contributed by atoms with E-state index in [0.29, 0.717) is 16.5 Å². The van der Waals surface area contributed by atoms with E-state index in [2.05, 4.69) is 5.32 Å². The highest BCUT2D eigenvalue weighted by atomic mass is 35.5. The number of anilines is 1.